The van der Waals surface area contributed by atoms with Crippen LogP contribution in [0, 0.1) is 6.92 Å². The lowest BCUT2D eigenvalue weighted by molar-refractivity contribution is 0.0952. The molecule has 0 radical (unpaired) electrons. The number of amides is 1. The predicted octanol–water partition coefficient (Wildman–Crippen LogP) is 2.11. The molecule has 0 unspecified atom stereocenters. The first kappa shape index (κ1) is 19.8. The quantitative estimate of drug-likeness (QED) is 0.447. The van der Waals surface area contributed by atoms with Gasteiger partial charge in [-0.15, -0.1) is 0 Å². The van der Waals surface area contributed by atoms with Crippen molar-refractivity contribution in [3.05, 3.63) is 58.5 Å². The van der Waals surface area contributed by atoms with Crippen molar-refractivity contribution in [1.29, 1.82) is 0 Å². The van der Waals surface area contributed by atoms with Crippen LogP contribution in [0.25, 0.3) is 22.0 Å². The number of rotatable bonds is 8. The standard InChI is InChI=1S/C21H23N5O4/c1-14-17(18-20(30-14)23-13-25(21(18)28)10-11-29-2)19(27)22-8-5-9-26-16-7-4-3-6-15(16)12-24-26/h3-4,6-7,12-13H,5,8-11H2,1-2H3,(H,22,27). The van der Waals surface area contributed by atoms with Crippen LogP contribution in [-0.2, 0) is 17.8 Å². The maximum absolute atomic E-state index is 12.8. The zero-order chi connectivity index (χ0) is 21.1. The Hall–Kier alpha value is -3.46. The molecule has 1 N–H and O–H groups in total. The van der Waals surface area contributed by atoms with Crippen molar-refractivity contribution in [3.8, 4) is 0 Å². The third-order valence-corrected chi connectivity index (χ3v) is 5.00. The highest BCUT2D eigenvalue weighted by molar-refractivity contribution is 6.06. The first-order chi connectivity index (χ1) is 14.6. The summed E-state index contributed by atoms with van der Waals surface area (Å²) in [5, 5.41) is 8.55. The third kappa shape index (κ3) is 3.71. The van der Waals surface area contributed by atoms with Gasteiger partial charge in [0.15, 0.2) is 0 Å². The molecular weight excluding hydrogens is 386 g/mol. The number of aromatic nitrogens is 4. The highest BCUT2D eigenvalue weighted by Crippen LogP contribution is 2.20. The van der Waals surface area contributed by atoms with Gasteiger partial charge in [-0.05, 0) is 19.4 Å². The highest BCUT2D eigenvalue weighted by atomic mass is 16.5. The summed E-state index contributed by atoms with van der Waals surface area (Å²) in [7, 11) is 1.56. The first-order valence-electron chi connectivity index (χ1n) is 9.76. The van der Waals surface area contributed by atoms with Crippen molar-refractivity contribution in [2.45, 2.75) is 26.4 Å². The monoisotopic (exact) mass is 409 g/mol. The number of hydrogen-bond acceptors (Lipinski definition) is 6. The van der Waals surface area contributed by atoms with Crippen LogP contribution in [0.5, 0.6) is 0 Å². The minimum atomic E-state index is -0.347. The topological polar surface area (TPSA) is 104 Å². The van der Waals surface area contributed by atoms with Gasteiger partial charge < -0.3 is 14.5 Å². The molecule has 30 heavy (non-hydrogen) atoms. The molecule has 0 spiro atoms. The molecule has 0 bridgehead atoms. The Morgan fingerprint density at radius 3 is 2.93 bits per heavy atom. The second kappa shape index (κ2) is 8.50. The van der Waals surface area contributed by atoms with Gasteiger partial charge in [0.05, 0.1) is 30.4 Å². The van der Waals surface area contributed by atoms with Gasteiger partial charge in [-0.3, -0.25) is 18.8 Å². The van der Waals surface area contributed by atoms with Crippen LogP contribution in [0.15, 0.2) is 46.0 Å². The average molecular weight is 409 g/mol. The van der Waals surface area contributed by atoms with Crippen LogP contribution >= 0.6 is 0 Å². The van der Waals surface area contributed by atoms with Crippen molar-refractivity contribution in [2.24, 2.45) is 0 Å². The fourth-order valence-electron chi connectivity index (χ4n) is 3.48. The molecule has 156 valence electrons. The number of hydrogen-bond donors (Lipinski definition) is 1. The number of para-hydroxylation sites is 1. The summed E-state index contributed by atoms with van der Waals surface area (Å²) in [5.74, 6) is 0.0228. The van der Waals surface area contributed by atoms with E-state index in [4.69, 9.17) is 9.15 Å². The minimum absolute atomic E-state index is 0.166. The van der Waals surface area contributed by atoms with Gasteiger partial charge in [-0.2, -0.15) is 5.10 Å². The second-order valence-corrected chi connectivity index (χ2v) is 6.99. The van der Waals surface area contributed by atoms with Crippen molar-refractivity contribution >= 4 is 27.9 Å². The van der Waals surface area contributed by atoms with E-state index in [0.717, 1.165) is 10.9 Å². The Morgan fingerprint density at radius 2 is 2.10 bits per heavy atom. The van der Waals surface area contributed by atoms with E-state index < -0.39 is 0 Å². The van der Waals surface area contributed by atoms with E-state index >= 15 is 0 Å². The van der Waals surface area contributed by atoms with Crippen LogP contribution < -0.4 is 10.9 Å². The van der Waals surface area contributed by atoms with Gasteiger partial charge in [0.25, 0.3) is 11.5 Å². The summed E-state index contributed by atoms with van der Waals surface area (Å²) in [6.45, 7) is 3.49. The first-order valence-corrected chi connectivity index (χ1v) is 9.76. The Morgan fingerprint density at radius 1 is 1.27 bits per heavy atom. The minimum Gasteiger partial charge on any atom is -0.442 e. The Balaban J connectivity index is 1.46. The molecule has 0 fully saturated rings. The molecule has 1 amide bonds. The molecule has 3 heterocycles. The Bertz CT molecular complexity index is 1250. The largest absolute Gasteiger partial charge is 0.442 e. The SMILES string of the molecule is COCCn1cnc2oc(C)c(C(=O)NCCCn3ncc4ccccc43)c2c1=O. The normalized spacial score (nSPS) is 11.4. The van der Waals surface area contributed by atoms with E-state index in [1.807, 2.05) is 35.1 Å². The molecule has 0 saturated carbocycles. The second-order valence-electron chi connectivity index (χ2n) is 6.99. The number of benzene rings is 1. The molecule has 3 aromatic heterocycles. The summed E-state index contributed by atoms with van der Waals surface area (Å²) in [6.07, 6.45) is 3.93. The zero-order valence-electron chi connectivity index (χ0n) is 16.9. The van der Waals surface area contributed by atoms with Gasteiger partial charge in [-0.1, -0.05) is 18.2 Å². The fourth-order valence-corrected chi connectivity index (χ4v) is 3.48. The van der Waals surface area contributed by atoms with Gasteiger partial charge in [0.2, 0.25) is 5.71 Å². The van der Waals surface area contributed by atoms with E-state index in [-0.39, 0.29) is 28.1 Å². The molecule has 0 aliphatic rings. The molecule has 9 nitrogen and oxygen atoms in total. The van der Waals surface area contributed by atoms with Crippen LogP contribution in [0.4, 0.5) is 0 Å². The molecule has 0 atom stereocenters. The van der Waals surface area contributed by atoms with E-state index in [9.17, 15) is 9.59 Å². The summed E-state index contributed by atoms with van der Waals surface area (Å²) < 4.78 is 13.9. The molecule has 0 aliphatic heterocycles. The maximum atomic E-state index is 12.8. The number of nitrogens with zero attached hydrogens (tertiary/aromatic N) is 4. The lowest BCUT2D eigenvalue weighted by atomic mass is 10.1. The van der Waals surface area contributed by atoms with E-state index in [2.05, 4.69) is 15.4 Å². The van der Waals surface area contributed by atoms with Crippen LogP contribution in [0.3, 0.4) is 0 Å². The number of methoxy groups -OCH3 is 1. The molecule has 4 aromatic rings. The van der Waals surface area contributed by atoms with E-state index in [1.54, 1.807) is 14.0 Å². The van der Waals surface area contributed by atoms with Gasteiger partial charge in [0.1, 0.15) is 17.5 Å². The average Bonchev–Trinajstić information content (AvgIpc) is 3.31. The number of nitrogens with one attached hydrogen (secondary N) is 1. The molecule has 0 aliphatic carbocycles. The number of carbonyl (C=O) groups excluding carboxylic acids is 1. The highest BCUT2D eigenvalue weighted by Gasteiger charge is 2.22. The number of aryl methyl sites for hydroxylation is 2. The Kier molecular flexibility index (Phi) is 5.62. The van der Waals surface area contributed by atoms with Gasteiger partial charge in [0, 0.05) is 25.6 Å². The van der Waals surface area contributed by atoms with Crippen LogP contribution in [0.1, 0.15) is 22.5 Å². The summed E-state index contributed by atoms with van der Waals surface area (Å²) in [5.41, 5.74) is 1.14. The molecule has 9 heteroatoms. The number of ether oxygens (including phenoxy) is 1. The van der Waals surface area contributed by atoms with Crippen molar-refractivity contribution < 1.29 is 13.9 Å². The number of furan rings is 1. The van der Waals surface area contributed by atoms with Crippen molar-refractivity contribution in [3.63, 3.8) is 0 Å². The van der Waals surface area contributed by atoms with Gasteiger partial charge >= 0.3 is 0 Å². The molecular formula is C21H23N5O4. The molecule has 0 saturated heterocycles. The fraction of sp³-hybridized carbons (Fsp3) is 0.333. The van der Waals surface area contributed by atoms with Crippen LogP contribution in [0.2, 0.25) is 0 Å². The summed E-state index contributed by atoms with van der Waals surface area (Å²) in [6, 6.07) is 7.98. The van der Waals surface area contributed by atoms with Gasteiger partial charge in [-0.25, -0.2) is 4.98 Å². The van der Waals surface area contributed by atoms with E-state index in [0.29, 0.717) is 38.4 Å². The number of fused-ring (bicyclic) bond motifs is 2. The Labute approximate surface area is 172 Å². The third-order valence-electron chi connectivity index (χ3n) is 5.00. The lowest BCUT2D eigenvalue weighted by Gasteiger charge is -2.07. The zero-order valence-corrected chi connectivity index (χ0v) is 16.9. The maximum Gasteiger partial charge on any atom is 0.265 e. The molecule has 4 rings (SSSR count). The van der Waals surface area contributed by atoms with Crippen molar-refractivity contribution in [1.82, 2.24) is 24.6 Å². The summed E-state index contributed by atoms with van der Waals surface area (Å²) in [4.78, 5) is 29.8. The van der Waals surface area contributed by atoms with Crippen molar-refractivity contribution in [2.75, 3.05) is 20.3 Å². The smallest absolute Gasteiger partial charge is 0.265 e. The predicted molar refractivity (Wildman–Crippen MR) is 112 cm³/mol. The summed E-state index contributed by atoms with van der Waals surface area (Å²) >= 11 is 0. The lowest BCUT2D eigenvalue weighted by Crippen LogP contribution is -2.28. The van der Waals surface area contributed by atoms with Crippen LogP contribution in [-0.4, -0.2) is 45.5 Å². The van der Waals surface area contributed by atoms with E-state index in [1.165, 1.54) is 10.9 Å². The number of carbonyl (C=O) groups is 1. The molecule has 1 aromatic carbocycles.